The molecule has 20 heavy (non-hydrogen) atoms. The third-order valence-corrected chi connectivity index (χ3v) is 4.29. The molecule has 0 spiro atoms. The van der Waals surface area contributed by atoms with E-state index < -0.39 is 0 Å². The molecule has 0 atom stereocenters. The first-order chi connectivity index (χ1) is 9.72. The van der Waals surface area contributed by atoms with Crippen molar-refractivity contribution in [2.45, 2.75) is 26.3 Å². The van der Waals surface area contributed by atoms with Crippen LogP contribution in [-0.4, -0.2) is 38.2 Å². The standard InChI is InChI=1S/C16H25ClN2O/c1-3-19(11-13-6-8-18-9-7-13)12-14-10-15(17)4-5-16(14)20-2/h4-5,10,13,18H,3,6-9,11-12H2,1-2H3. The molecule has 1 aliphatic rings. The molecule has 4 heteroatoms. The molecule has 0 aromatic heterocycles. The lowest BCUT2D eigenvalue weighted by Crippen LogP contribution is -2.36. The predicted molar refractivity (Wildman–Crippen MR) is 84.5 cm³/mol. The number of ether oxygens (including phenoxy) is 1. The van der Waals surface area contributed by atoms with Gasteiger partial charge in [-0.2, -0.15) is 0 Å². The van der Waals surface area contributed by atoms with Crippen molar-refractivity contribution in [1.82, 2.24) is 10.2 Å². The van der Waals surface area contributed by atoms with Crippen LogP contribution in [0.2, 0.25) is 5.02 Å². The summed E-state index contributed by atoms with van der Waals surface area (Å²) in [6, 6.07) is 5.86. The van der Waals surface area contributed by atoms with Crippen LogP contribution in [0.1, 0.15) is 25.3 Å². The van der Waals surface area contributed by atoms with Gasteiger partial charge in [-0.15, -0.1) is 0 Å². The van der Waals surface area contributed by atoms with Crippen LogP contribution in [0.25, 0.3) is 0 Å². The lowest BCUT2D eigenvalue weighted by Gasteiger charge is -2.29. The molecule has 0 amide bonds. The van der Waals surface area contributed by atoms with Gasteiger partial charge in [0.2, 0.25) is 0 Å². The summed E-state index contributed by atoms with van der Waals surface area (Å²) < 4.78 is 5.44. The first kappa shape index (κ1) is 15.6. The molecule has 1 fully saturated rings. The van der Waals surface area contributed by atoms with Crippen LogP contribution in [0.4, 0.5) is 0 Å². The maximum Gasteiger partial charge on any atom is 0.123 e. The summed E-state index contributed by atoms with van der Waals surface area (Å²) in [5.74, 6) is 1.74. The van der Waals surface area contributed by atoms with Crippen molar-refractivity contribution in [1.29, 1.82) is 0 Å². The molecule has 1 N–H and O–H groups in total. The van der Waals surface area contributed by atoms with Crippen LogP contribution in [0.15, 0.2) is 18.2 Å². The fourth-order valence-electron chi connectivity index (χ4n) is 2.85. The summed E-state index contributed by atoms with van der Waals surface area (Å²) in [7, 11) is 1.72. The number of hydrogen-bond acceptors (Lipinski definition) is 3. The van der Waals surface area contributed by atoms with E-state index in [0.717, 1.165) is 49.4 Å². The second-order valence-corrected chi connectivity index (χ2v) is 5.91. The van der Waals surface area contributed by atoms with Crippen molar-refractivity contribution in [2.75, 3.05) is 33.3 Å². The highest BCUT2D eigenvalue weighted by Crippen LogP contribution is 2.25. The summed E-state index contributed by atoms with van der Waals surface area (Å²) >= 11 is 6.11. The van der Waals surface area contributed by atoms with Gasteiger partial charge in [-0.25, -0.2) is 0 Å². The number of benzene rings is 1. The Balaban J connectivity index is 1.99. The Bertz CT molecular complexity index is 419. The number of methoxy groups -OCH3 is 1. The van der Waals surface area contributed by atoms with E-state index in [2.05, 4.69) is 17.1 Å². The van der Waals surface area contributed by atoms with Gasteiger partial charge in [0.1, 0.15) is 5.75 Å². The molecule has 0 radical (unpaired) electrons. The first-order valence-corrected chi connectivity index (χ1v) is 7.86. The van der Waals surface area contributed by atoms with Crippen molar-refractivity contribution >= 4 is 11.6 Å². The van der Waals surface area contributed by atoms with Gasteiger partial charge in [0.25, 0.3) is 0 Å². The van der Waals surface area contributed by atoms with E-state index in [1.165, 1.54) is 18.4 Å². The second-order valence-electron chi connectivity index (χ2n) is 5.48. The van der Waals surface area contributed by atoms with Crippen molar-refractivity contribution in [3.05, 3.63) is 28.8 Å². The molecule has 0 unspecified atom stereocenters. The highest BCUT2D eigenvalue weighted by Gasteiger charge is 2.17. The van der Waals surface area contributed by atoms with Crippen LogP contribution in [0.3, 0.4) is 0 Å². The zero-order valence-electron chi connectivity index (χ0n) is 12.5. The molecule has 1 aliphatic heterocycles. The van der Waals surface area contributed by atoms with E-state index in [4.69, 9.17) is 16.3 Å². The minimum atomic E-state index is 0.777. The molecule has 112 valence electrons. The number of halogens is 1. The third kappa shape index (κ3) is 4.37. The van der Waals surface area contributed by atoms with Crippen LogP contribution < -0.4 is 10.1 Å². The molecule has 1 heterocycles. The Hall–Kier alpha value is -0.770. The highest BCUT2D eigenvalue weighted by atomic mass is 35.5. The Morgan fingerprint density at radius 1 is 1.35 bits per heavy atom. The molecule has 1 saturated heterocycles. The molecular formula is C16H25ClN2O. The molecule has 0 aliphatic carbocycles. The zero-order chi connectivity index (χ0) is 14.4. The maximum absolute atomic E-state index is 6.11. The Morgan fingerprint density at radius 3 is 2.75 bits per heavy atom. The summed E-state index contributed by atoms with van der Waals surface area (Å²) in [5.41, 5.74) is 1.18. The molecule has 2 rings (SSSR count). The van der Waals surface area contributed by atoms with Gasteiger partial charge in [0.15, 0.2) is 0 Å². The van der Waals surface area contributed by atoms with Crippen LogP contribution in [0.5, 0.6) is 5.75 Å². The predicted octanol–water partition coefficient (Wildman–Crippen LogP) is 3.17. The number of nitrogens with one attached hydrogen (secondary N) is 1. The van der Waals surface area contributed by atoms with Crippen molar-refractivity contribution in [2.24, 2.45) is 5.92 Å². The highest BCUT2D eigenvalue weighted by molar-refractivity contribution is 6.30. The van der Waals surface area contributed by atoms with Crippen LogP contribution >= 0.6 is 11.6 Å². The number of nitrogens with zero attached hydrogens (tertiary/aromatic N) is 1. The van der Waals surface area contributed by atoms with Gasteiger partial charge < -0.3 is 10.1 Å². The monoisotopic (exact) mass is 296 g/mol. The van der Waals surface area contributed by atoms with Crippen LogP contribution in [-0.2, 0) is 6.54 Å². The van der Waals surface area contributed by atoms with Gasteiger partial charge in [-0.05, 0) is 56.6 Å². The number of hydrogen-bond donors (Lipinski definition) is 1. The zero-order valence-corrected chi connectivity index (χ0v) is 13.2. The Labute approximate surface area is 127 Å². The van der Waals surface area contributed by atoms with Crippen molar-refractivity contribution in [3.63, 3.8) is 0 Å². The van der Waals surface area contributed by atoms with E-state index in [9.17, 15) is 0 Å². The van der Waals surface area contributed by atoms with E-state index >= 15 is 0 Å². The first-order valence-electron chi connectivity index (χ1n) is 7.48. The Kier molecular flexibility index (Phi) is 6.14. The summed E-state index contributed by atoms with van der Waals surface area (Å²) in [6.45, 7) is 7.65. The van der Waals surface area contributed by atoms with E-state index in [1.807, 2.05) is 18.2 Å². The van der Waals surface area contributed by atoms with E-state index in [1.54, 1.807) is 7.11 Å². The third-order valence-electron chi connectivity index (χ3n) is 4.06. The fourth-order valence-corrected chi connectivity index (χ4v) is 3.04. The van der Waals surface area contributed by atoms with Gasteiger partial charge in [-0.1, -0.05) is 18.5 Å². The second kappa shape index (κ2) is 7.87. The van der Waals surface area contributed by atoms with Gasteiger partial charge in [0.05, 0.1) is 7.11 Å². The van der Waals surface area contributed by atoms with Gasteiger partial charge >= 0.3 is 0 Å². The van der Waals surface area contributed by atoms with Gasteiger partial charge in [-0.3, -0.25) is 4.90 Å². The van der Waals surface area contributed by atoms with Gasteiger partial charge in [0, 0.05) is 23.7 Å². The molecule has 0 bridgehead atoms. The fraction of sp³-hybridized carbons (Fsp3) is 0.625. The molecule has 3 nitrogen and oxygen atoms in total. The molecular weight excluding hydrogens is 272 g/mol. The Morgan fingerprint density at radius 2 is 2.10 bits per heavy atom. The van der Waals surface area contributed by atoms with E-state index in [-0.39, 0.29) is 0 Å². The van der Waals surface area contributed by atoms with E-state index in [0.29, 0.717) is 0 Å². The van der Waals surface area contributed by atoms with Crippen molar-refractivity contribution in [3.8, 4) is 5.75 Å². The van der Waals surface area contributed by atoms with Crippen molar-refractivity contribution < 1.29 is 4.74 Å². The summed E-state index contributed by atoms with van der Waals surface area (Å²) in [5, 5.41) is 4.20. The van der Waals surface area contributed by atoms with Crippen LogP contribution in [0, 0.1) is 5.92 Å². The number of rotatable bonds is 6. The average molecular weight is 297 g/mol. The number of piperidine rings is 1. The summed E-state index contributed by atoms with van der Waals surface area (Å²) in [4.78, 5) is 2.49. The summed E-state index contributed by atoms with van der Waals surface area (Å²) in [6.07, 6.45) is 2.56. The average Bonchev–Trinajstić information content (AvgIpc) is 2.48. The lowest BCUT2D eigenvalue weighted by molar-refractivity contribution is 0.205. The normalized spacial score (nSPS) is 16.6. The lowest BCUT2D eigenvalue weighted by atomic mass is 9.97. The SMILES string of the molecule is CCN(Cc1cc(Cl)ccc1OC)CC1CCNCC1. The molecule has 0 saturated carbocycles. The minimum absolute atomic E-state index is 0.777. The minimum Gasteiger partial charge on any atom is -0.496 e. The molecule has 1 aromatic carbocycles. The largest absolute Gasteiger partial charge is 0.496 e. The molecule has 1 aromatic rings. The maximum atomic E-state index is 6.11. The quantitative estimate of drug-likeness (QED) is 0.873. The smallest absolute Gasteiger partial charge is 0.123 e. The topological polar surface area (TPSA) is 24.5 Å².